The zero-order chi connectivity index (χ0) is 25.3. The minimum absolute atomic E-state index is 0.191. The van der Waals surface area contributed by atoms with E-state index in [4.69, 9.17) is 11.6 Å². The summed E-state index contributed by atoms with van der Waals surface area (Å²) < 4.78 is 59.9. The molecule has 3 atom stereocenters. The lowest BCUT2D eigenvalue weighted by Crippen LogP contribution is -2.39. The van der Waals surface area contributed by atoms with Crippen molar-refractivity contribution in [2.45, 2.75) is 37.8 Å². The van der Waals surface area contributed by atoms with Crippen LogP contribution in [-0.4, -0.2) is 39.8 Å². The van der Waals surface area contributed by atoms with Gasteiger partial charge in [-0.3, -0.25) is 0 Å². The first-order valence-corrected chi connectivity index (χ1v) is 10.7. The summed E-state index contributed by atoms with van der Waals surface area (Å²) in [5, 5.41) is 15.2. The number of halogens is 5. The van der Waals surface area contributed by atoms with Gasteiger partial charge in [-0.15, -0.1) is 0 Å². The van der Waals surface area contributed by atoms with E-state index < -0.39 is 45.9 Å². The number of aromatic nitrogens is 7. The van der Waals surface area contributed by atoms with Gasteiger partial charge in [0.2, 0.25) is 0 Å². The maximum Gasteiger partial charge on any atom is 0.182 e. The van der Waals surface area contributed by atoms with E-state index in [2.05, 4.69) is 30.0 Å². The molecule has 8 nitrogen and oxygen atoms in total. The molecule has 182 valence electrons. The van der Waals surface area contributed by atoms with Gasteiger partial charge in [0, 0.05) is 23.5 Å². The molecule has 0 unspecified atom stereocenters. The molecular formula is C22H18ClF4N7O. The number of nitrogens with zero attached hydrogens (tertiary/aromatic N) is 7. The van der Waals surface area contributed by atoms with E-state index in [-0.39, 0.29) is 29.2 Å². The van der Waals surface area contributed by atoms with Crippen LogP contribution in [0.25, 0.3) is 0 Å². The van der Waals surface area contributed by atoms with Gasteiger partial charge in [-0.25, -0.2) is 47.2 Å². The molecule has 0 amide bonds. The van der Waals surface area contributed by atoms with Crippen LogP contribution in [0.2, 0.25) is 5.15 Å². The van der Waals surface area contributed by atoms with Gasteiger partial charge >= 0.3 is 0 Å². The highest BCUT2D eigenvalue weighted by Gasteiger charge is 2.42. The molecule has 0 radical (unpaired) electrons. The highest BCUT2D eigenvalue weighted by atomic mass is 35.5. The van der Waals surface area contributed by atoms with E-state index in [1.54, 1.807) is 0 Å². The predicted molar refractivity (Wildman–Crippen MR) is 115 cm³/mol. The number of hydrogen-bond acceptors (Lipinski definition) is 7. The number of hydrogen-bond donors (Lipinski definition) is 1. The molecule has 0 bridgehead atoms. The second-order valence-corrected chi connectivity index (χ2v) is 8.26. The zero-order valence-corrected chi connectivity index (χ0v) is 19.1. The van der Waals surface area contributed by atoms with Crippen molar-refractivity contribution >= 4 is 11.6 Å². The molecule has 0 saturated heterocycles. The average Bonchev–Trinajstić information content (AvgIpc) is 3.33. The summed E-state index contributed by atoms with van der Waals surface area (Å²) in [5.41, 5.74) is -3.15. The van der Waals surface area contributed by atoms with Gasteiger partial charge in [0.05, 0.1) is 23.6 Å². The topological polar surface area (TPSA) is 102 Å². The molecule has 4 aromatic rings. The lowest BCUT2D eigenvalue weighted by atomic mass is 9.79. The Morgan fingerprint density at radius 2 is 1.60 bits per heavy atom. The third-order valence-corrected chi connectivity index (χ3v) is 6.09. The molecule has 35 heavy (non-hydrogen) atoms. The fourth-order valence-corrected chi connectivity index (χ4v) is 4.02. The molecule has 0 aliphatic carbocycles. The summed E-state index contributed by atoms with van der Waals surface area (Å²) in [5.74, 6) is -5.99. The van der Waals surface area contributed by atoms with Gasteiger partial charge in [0.1, 0.15) is 42.5 Å². The molecule has 13 heteroatoms. The second-order valence-electron chi connectivity index (χ2n) is 7.91. The second kappa shape index (κ2) is 9.62. The van der Waals surface area contributed by atoms with E-state index >= 15 is 4.39 Å². The van der Waals surface area contributed by atoms with Crippen molar-refractivity contribution in [3.63, 3.8) is 0 Å². The third kappa shape index (κ3) is 4.58. The molecular weight excluding hydrogens is 490 g/mol. The molecule has 3 aromatic heterocycles. The summed E-state index contributed by atoms with van der Waals surface area (Å²) in [6.45, 7) is 2.52. The Morgan fingerprint density at radius 1 is 0.943 bits per heavy atom. The fourth-order valence-electron chi connectivity index (χ4n) is 3.88. The highest BCUT2D eigenvalue weighted by molar-refractivity contribution is 6.29. The van der Waals surface area contributed by atoms with Crippen LogP contribution in [0.4, 0.5) is 17.6 Å². The van der Waals surface area contributed by atoms with Crippen LogP contribution in [-0.2, 0) is 12.1 Å². The molecule has 0 aliphatic heterocycles. The molecule has 3 heterocycles. The average molecular weight is 508 g/mol. The Hall–Kier alpha value is -3.51. The summed E-state index contributed by atoms with van der Waals surface area (Å²) in [6.07, 6.45) is 4.57. The summed E-state index contributed by atoms with van der Waals surface area (Å²) in [4.78, 5) is 19.1. The van der Waals surface area contributed by atoms with E-state index in [9.17, 15) is 18.3 Å². The Labute approximate surface area is 201 Å². The van der Waals surface area contributed by atoms with Crippen molar-refractivity contribution in [2.24, 2.45) is 0 Å². The minimum atomic E-state index is -2.15. The van der Waals surface area contributed by atoms with Gasteiger partial charge < -0.3 is 5.11 Å². The molecule has 0 spiro atoms. The van der Waals surface area contributed by atoms with E-state index in [1.165, 1.54) is 31.2 Å². The number of aliphatic hydroxyl groups is 1. The Balaban J connectivity index is 1.82. The van der Waals surface area contributed by atoms with Crippen molar-refractivity contribution in [1.82, 2.24) is 34.7 Å². The minimum Gasteiger partial charge on any atom is -0.382 e. The van der Waals surface area contributed by atoms with Gasteiger partial charge in [0.15, 0.2) is 16.8 Å². The fraction of sp³-hybridized carbons (Fsp3) is 0.273. The van der Waals surface area contributed by atoms with Crippen LogP contribution >= 0.6 is 11.6 Å². The quantitative estimate of drug-likeness (QED) is 0.299. The van der Waals surface area contributed by atoms with Crippen molar-refractivity contribution in [3.8, 4) is 0 Å². The van der Waals surface area contributed by atoms with Crippen molar-refractivity contribution in [3.05, 3.63) is 94.6 Å². The van der Waals surface area contributed by atoms with Crippen LogP contribution in [0, 0.1) is 23.3 Å². The van der Waals surface area contributed by atoms with E-state index in [0.717, 1.165) is 24.8 Å². The van der Waals surface area contributed by atoms with Crippen LogP contribution in [0.5, 0.6) is 0 Å². The SMILES string of the molecule is C[C@H](c1ncnc(Cl)c1F)c1ncnc([C@H](C)[C@](O)(Cn2cncn2)c2ccc(F)cc2F)c1F. The van der Waals surface area contributed by atoms with Crippen LogP contribution in [0.1, 0.15) is 48.3 Å². The summed E-state index contributed by atoms with van der Waals surface area (Å²) in [6, 6.07) is 2.65. The highest BCUT2D eigenvalue weighted by Crippen LogP contribution is 2.41. The lowest BCUT2D eigenvalue weighted by molar-refractivity contribution is -0.0134. The van der Waals surface area contributed by atoms with Crippen LogP contribution in [0.15, 0.2) is 43.5 Å². The molecule has 4 rings (SSSR count). The standard InChI is InChI=1S/C22H18ClF4N7O/c1-11(19-17(27)21(23)32-9-30-19)18-16(26)20(31-8-29-18)12(2)22(35,6-34-10-28-7-33-34)14-4-3-13(24)5-15(14)25/h3-5,7-12,35H,6H2,1-2H3/t11-,12-,22+/m0/s1. The monoisotopic (exact) mass is 507 g/mol. The molecule has 1 N–H and O–H groups in total. The van der Waals surface area contributed by atoms with Crippen LogP contribution < -0.4 is 0 Å². The van der Waals surface area contributed by atoms with Gasteiger partial charge in [-0.1, -0.05) is 31.5 Å². The number of rotatable bonds is 7. The Kier molecular flexibility index (Phi) is 6.77. The van der Waals surface area contributed by atoms with Gasteiger partial charge in [-0.05, 0) is 6.07 Å². The normalized spacial score (nSPS) is 15.0. The maximum atomic E-state index is 15.8. The summed E-state index contributed by atoms with van der Waals surface area (Å²) in [7, 11) is 0. The molecule has 0 aliphatic rings. The first kappa shape index (κ1) is 24.6. The smallest absolute Gasteiger partial charge is 0.182 e. The maximum absolute atomic E-state index is 15.8. The van der Waals surface area contributed by atoms with Crippen LogP contribution in [0.3, 0.4) is 0 Å². The van der Waals surface area contributed by atoms with Gasteiger partial charge in [-0.2, -0.15) is 5.10 Å². The zero-order valence-electron chi connectivity index (χ0n) is 18.4. The Bertz CT molecular complexity index is 1360. The lowest BCUT2D eigenvalue weighted by Gasteiger charge is -2.34. The van der Waals surface area contributed by atoms with Gasteiger partial charge in [0.25, 0.3) is 0 Å². The van der Waals surface area contributed by atoms with Crippen molar-refractivity contribution in [1.29, 1.82) is 0 Å². The first-order chi connectivity index (χ1) is 16.6. The van der Waals surface area contributed by atoms with Crippen molar-refractivity contribution in [2.75, 3.05) is 0 Å². The van der Waals surface area contributed by atoms with E-state index in [1.807, 2.05) is 0 Å². The molecule has 1 aromatic carbocycles. The Morgan fingerprint density at radius 3 is 2.26 bits per heavy atom. The largest absolute Gasteiger partial charge is 0.382 e. The first-order valence-electron chi connectivity index (χ1n) is 10.3. The van der Waals surface area contributed by atoms with Crippen molar-refractivity contribution < 1.29 is 22.7 Å². The van der Waals surface area contributed by atoms with E-state index in [0.29, 0.717) is 6.07 Å². The predicted octanol–water partition coefficient (Wildman–Crippen LogP) is 3.91. The third-order valence-electron chi connectivity index (χ3n) is 5.83. The molecule has 0 fully saturated rings. The molecule has 0 saturated carbocycles. The number of benzene rings is 1. The summed E-state index contributed by atoms with van der Waals surface area (Å²) >= 11 is 5.73.